The summed E-state index contributed by atoms with van der Waals surface area (Å²) in [6.07, 6.45) is 4.01. The van der Waals surface area contributed by atoms with Crippen LogP contribution in [-0.4, -0.2) is 20.5 Å². The molecule has 0 unspecified atom stereocenters. The Hall–Kier alpha value is -1.07. The fourth-order valence-corrected chi connectivity index (χ4v) is 4.32. The van der Waals surface area contributed by atoms with Gasteiger partial charge in [-0.25, -0.2) is 13.1 Å². The van der Waals surface area contributed by atoms with E-state index in [4.69, 9.17) is 0 Å². The topological polar surface area (TPSA) is 58.2 Å². The molecule has 1 saturated carbocycles. The largest absolute Gasteiger partial charge is 0.384 e. The van der Waals surface area contributed by atoms with Crippen molar-refractivity contribution >= 4 is 15.7 Å². The van der Waals surface area contributed by atoms with Gasteiger partial charge >= 0.3 is 0 Å². The average molecular weight is 282 g/mol. The summed E-state index contributed by atoms with van der Waals surface area (Å²) in [6.45, 7) is 4.65. The van der Waals surface area contributed by atoms with Gasteiger partial charge in [0.2, 0.25) is 10.0 Å². The Morgan fingerprint density at radius 1 is 1.21 bits per heavy atom. The van der Waals surface area contributed by atoms with Crippen LogP contribution in [0.15, 0.2) is 29.2 Å². The second-order valence-electron chi connectivity index (χ2n) is 5.40. The molecule has 0 amide bonds. The number of nitrogens with one attached hydrogen (secondary N) is 2. The average Bonchev–Trinajstić information content (AvgIpc) is 2.76. The van der Waals surface area contributed by atoms with Gasteiger partial charge < -0.3 is 5.32 Å². The van der Waals surface area contributed by atoms with Crippen molar-refractivity contribution in [1.29, 1.82) is 0 Å². The maximum atomic E-state index is 12.5. The second kappa shape index (κ2) is 5.51. The Labute approximate surface area is 115 Å². The molecule has 1 aliphatic carbocycles. The van der Waals surface area contributed by atoms with E-state index in [1.165, 1.54) is 0 Å². The van der Waals surface area contributed by atoms with Crippen LogP contribution in [0.3, 0.4) is 0 Å². The second-order valence-corrected chi connectivity index (χ2v) is 7.05. The van der Waals surface area contributed by atoms with Crippen LogP contribution >= 0.6 is 0 Å². The molecule has 0 radical (unpaired) electrons. The first-order valence-electron chi connectivity index (χ1n) is 6.84. The van der Waals surface area contributed by atoms with Crippen LogP contribution in [0.25, 0.3) is 0 Å². The highest BCUT2D eigenvalue weighted by Crippen LogP contribution is 2.31. The van der Waals surface area contributed by atoms with Gasteiger partial charge in [-0.05, 0) is 38.8 Å². The van der Waals surface area contributed by atoms with E-state index in [0.29, 0.717) is 17.1 Å². The minimum Gasteiger partial charge on any atom is -0.384 e. The molecule has 1 aromatic rings. The Balaban J connectivity index is 2.29. The summed E-state index contributed by atoms with van der Waals surface area (Å²) in [5.74, 6) is 0. The summed E-state index contributed by atoms with van der Waals surface area (Å²) in [7, 11) is -3.47. The highest BCUT2D eigenvalue weighted by molar-refractivity contribution is 7.89. The highest BCUT2D eigenvalue weighted by atomic mass is 32.2. The zero-order chi connectivity index (χ0) is 13.9. The van der Waals surface area contributed by atoms with Gasteiger partial charge in [0.15, 0.2) is 0 Å². The molecule has 0 heterocycles. The fraction of sp³-hybridized carbons (Fsp3) is 0.571. The first-order chi connectivity index (χ1) is 8.97. The molecule has 2 N–H and O–H groups in total. The predicted molar refractivity (Wildman–Crippen MR) is 77.8 cm³/mol. The molecule has 4 nitrogen and oxygen atoms in total. The van der Waals surface area contributed by atoms with E-state index in [9.17, 15) is 8.42 Å². The molecule has 0 aliphatic heterocycles. The molecule has 0 spiro atoms. The van der Waals surface area contributed by atoms with E-state index < -0.39 is 10.0 Å². The Morgan fingerprint density at radius 2 is 1.84 bits per heavy atom. The summed E-state index contributed by atoms with van der Waals surface area (Å²) in [5, 5.41) is 3.10. The molecular formula is C14H22N2O2S. The smallest absolute Gasteiger partial charge is 0.243 e. The molecule has 0 atom stereocenters. The number of sulfonamides is 1. The van der Waals surface area contributed by atoms with Crippen LogP contribution in [0.4, 0.5) is 5.69 Å². The van der Waals surface area contributed by atoms with Crippen molar-refractivity contribution in [3.05, 3.63) is 24.3 Å². The predicted octanol–water partition coefficient (Wildman–Crippen LogP) is 2.73. The third-order valence-electron chi connectivity index (χ3n) is 3.63. The molecule has 2 rings (SSSR count). The normalized spacial score (nSPS) is 18.4. The van der Waals surface area contributed by atoms with Crippen LogP contribution in [0.1, 0.15) is 39.5 Å². The SMILES string of the molecule is CCNc1ccccc1S(=O)(=O)NC1(C)CCCC1. The summed E-state index contributed by atoms with van der Waals surface area (Å²) in [4.78, 5) is 0.338. The first kappa shape index (κ1) is 14.3. The Kier molecular flexibility index (Phi) is 4.16. The van der Waals surface area contributed by atoms with E-state index in [2.05, 4.69) is 10.0 Å². The number of hydrogen-bond donors (Lipinski definition) is 2. The van der Waals surface area contributed by atoms with E-state index >= 15 is 0 Å². The molecule has 106 valence electrons. The standard InChI is InChI=1S/C14H22N2O2S/c1-3-15-12-8-4-5-9-13(12)19(17,18)16-14(2)10-6-7-11-14/h4-5,8-9,15-16H,3,6-7,10-11H2,1-2H3. The summed E-state index contributed by atoms with van der Waals surface area (Å²) >= 11 is 0. The molecule has 5 heteroatoms. The van der Waals surface area contributed by atoms with Gasteiger partial charge in [-0.3, -0.25) is 0 Å². The number of benzene rings is 1. The molecule has 1 aromatic carbocycles. The molecule has 0 bridgehead atoms. The maximum Gasteiger partial charge on any atom is 0.243 e. The molecule has 0 saturated heterocycles. The van der Waals surface area contributed by atoms with Gasteiger partial charge in [0.05, 0.1) is 5.69 Å². The third kappa shape index (κ3) is 3.28. The van der Waals surface area contributed by atoms with E-state index in [0.717, 1.165) is 25.7 Å². The van der Waals surface area contributed by atoms with Crippen molar-refractivity contribution in [1.82, 2.24) is 4.72 Å². The van der Waals surface area contributed by atoms with Crippen LogP contribution in [0.2, 0.25) is 0 Å². The highest BCUT2D eigenvalue weighted by Gasteiger charge is 2.34. The summed E-state index contributed by atoms with van der Waals surface area (Å²) < 4.78 is 28.0. The lowest BCUT2D eigenvalue weighted by atomic mass is 10.0. The minimum atomic E-state index is -3.47. The van der Waals surface area contributed by atoms with Crippen molar-refractivity contribution in [2.75, 3.05) is 11.9 Å². The van der Waals surface area contributed by atoms with Crippen LogP contribution in [0, 0.1) is 0 Å². The fourth-order valence-electron chi connectivity index (χ4n) is 2.67. The minimum absolute atomic E-state index is 0.293. The van der Waals surface area contributed by atoms with Crippen molar-refractivity contribution in [2.24, 2.45) is 0 Å². The number of rotatable bonds is 5. The van der Waals surface area contributed by atoms with Crippen molar-refractivity contribution in [3.63, 3.8) is 0 Å². The van der Waals surface area contributed by atoms with Gasteiger partial charge in [-0.2, -0.15) is 0 Å². The van der Waals surface area contributed by atoms with Gasteiger partial charge in [-0.15, -0.1) is 0 Å². The lowest BCUT2D eigenvalue weighted by Gasteiger charge is -2.25. The van der Waals surface area contributed by atoms with Crippen molar-refractivity contribution in [3.8, 4) is 0 Å². The lowest BCUT2D eigenvalue weighted by molar-refractivity contribution is 0.427. The number of anilines is 1. The zero-order valence-electron chi connectivity index (χ0n) is 11.6. The van der Waals surface area contributed by atoms with Crippen LogP contribution in [-0.2, 0) is 10.0 Å². The third-order valence-corrected chi connectivity index (χ3v) is 5.33. The lowest BCUT2D eigenvalue weighted by Crippen LogP contribution is -2.43. The van der Waals surface area contributed by atoms with Crippen molar-refractivity contribution in [2.45, 2.75) is 50.0 Å². The number of para-hydroxylation sites is 1. The molecule has 1 aliphatic rings. The van der Waals surface area contributed by atoms with E-state index in [1.807, 2.05) is 19.9 Å². The van der Waals surface area contributed by atoms with Crippen LogP contribution < -0.4 is 10.0 Å². The first-order valence-corrected chi connectivity index (χ1v) is 8.32. The molecule has 0 aromatic heterocycles. The van der Waals surface area contributed by atoms with Gasteiger partial charge in [0.25, 0.3) is 0 Å². The number of hydrogen-bond acceptors (Lipinski definition) is 3. The quantitative estimate of drug-likeness (QED) is 0.873. The Bertz CT molecular complexity index is 534. The monoisotopic (exact) mass is 282 g/mol. The zero-order valence-corrected chi connectivity index (χ0v) is 12.4. The maximum absolute atomic E-state index is 12.5. The van der Waals surface area contributed by atoms with Gasteiger partial charge in [0.1, 0.15) is 4.90 Å². The van der Waals surface area contributed by atoms with E-state index in [-0.39, 0.29) is 5.54 Å². The van der Waals surface area contributed by atoms with Gasteiger partial charge in [0, 0.05) is 12.1 Å². The molecule has 19 heavy (non-hydrogen) atoms. The summed E-state index contributed by atoms with van der Waals surface area (Å²) in [6, 6.07) is 7.05. The summed E-state index contributed by atoms with van der Waals surface area (Å²) in [5.41, 5.74) is 0.372. The van der Waals surface area contributed by atoms with Crippen LogP contribution in [0.5, 0.6) is 0 Å². The van der Waals surface area contributed by atoms with E-state index in [1.54, 1.807) is 18.2 Å². The van der Waals surface area contributed by atoms with Gasteiger partial charge in [-0.1, -0.05) is 25.0 Å². The Morgan fingerprint density at radius 3 is 2.47 bits per heavy atom. The van der Waals surface area contributed by atoms with Crippen molar-refractivity contribution < 1.29 is 8.42 Å². The molecule has 1 fully saturated rings. The molecular weight excluding hydrogens is 260 g/mol.